The molecule has 0 aliphatic heterocycles. The number of nitrogens with zero attached hydrogens (tertiary/aromatic N) is 1. The highest BCUT2D eigenvalue weighted by Gasteiger charge is 2.11. The van der Waals surface area contributed by atoms with E-state index in [-0.39, 0.29) is 12.5 Å². The van der Waals surface area contributed by atoms with Crippen LogP contribution >= 0.6 is 0 Å². The first-order chi connectivity index (χ1) is 13.4. The molecule has 2 aromatic carbocycles. The Bertz CT molecular complexity index is 813. The van der Waals surface area contributed by atoms with Crippen LogP contribution in [0.3, 0.4) is 0 Å². The summed E-state index contributed by atoms with van der Waals surface area (Å²) in [6.07, 6.45) is 0. The normalized spacial score (nSPS) is 10.1. The van der Waals surface area contributed by atoms with Crippen LogP contribution < -0.4 is 15.5 Å². The molecule has 0 spiro atoms. The van der Waals surface area contributed by atoms with E-state index in [9.17, 15) is 14.4 Å². The molecule has 0 radical (unpaired) electrons. The molecule has 7 nitrogen and oxygen atoms in total. The molecule has 0 heterocycles. The summed E-state index contributed by atoms with van der Waals surface area (Å²) in [5.41, 5.74) is 2.59. The summed E-state index contributed by atoms with van der Waals surface area (Å²) in [5.74, 6) is -1.17. The smallest absolute Gasteiger partial charge is 0.338 e. The van der Waals surface area contributed by atoms with Crippen LogP contribution in [0.5, 0.6) is 0 Å². The minimum Gasteiger partial charge on any atom is -0.452 e. The number of nitrogens with one attached hydrogen (secondary N) is 2. The first kappa shape index (κ1) is 21.0. The largest absolute Gasteiger partial charge is 0.452 e. The fourth-order valence-electron chi connectivity index (χ4n) is 2.65. The van der Waals surface area contributed by atoms with E-state index in [2.05, 4.69) is 29.4 Å². The Labute approximate surface area is 164 Å². The molecule has 148 valence electrons. The molecule has 7 heteroatoms. The SMILES string of the molecule is CCN(CC)c1ccc(C(=O)OCC(=O)Nc2ccc(NC(C)=O)cc2)cc1. The van der Waals surface area contributed by atoms with Gasteiger partial charge in [0.15, 0.2) is 6.61 Å². The van der Waals surface area contributed by atoms with Crippen LogP contribution in [0.4, 0.5) is 17.1 Å². The van der Waals surface area contributed by atoms with E-state index in [0.717, 1.165) is 18.8 Å². The van der Waals surface area contributed by atoms with Gasteiger partial charge >= 0.3 is 5.97 Å². The second kappa shape index (κ2) is 10.1. The molecular formula is C21H25N3O4. The van der Waals surface area contributed by atoms with Crippen molar-refractivity contribution in [3.05, 3.63) is 54.1 Å². The predicted molar refractivity (Wildman–Crippen MR) is 110 cm³/mol. The van der Waals surface area contributed by atoms with Crippen LogP contribution in [0.2, 0.25) is 0 Å². The van der Waals surface area contributed by atoms with E-state index in [1.807, 2.05) is 12.1 Å². The lowest BCUT2D eigenvalue weighted by molar-refractivity contribution is -0.119. The molecule has 28 heavy (non-hydrogen) atoms. The van der Waals surface area contributed by atoms with E-state index >= 15 is 0 Å². The van der Waals surface area contributed by atoms with Crippen molar-refractivity contribution in [2.75, 3.05) is 35.2 Å². The molecule has 2 rings (SSSR count). The van der Waals surface area contributed by atoms with Crippen molar-refractivity contribution in [3.8, 4) is 0 Å². The Morgan fingerprint density at radius 2 is 1.39 bits per heavy atom. The minimum atomic E-state index is -0.553. The predicted octanol–water partition coefficient (Wildman–Crippen LogP) is 3.29. The van der Waals surface area contributed by atoms with Crippen LogP contribution in [-0.4, -0.2) is 37.5 Å². The van der Waals surface area contributed by atoms with Gasteiger partial charge < -0.3 is 20.3 Å². The molecule has 2 amide bonds. The Morgan fingerprint density at radius 3 is 1.89 bits per heavy atom. The summed E-state index contributed by atoms with van der Waals surface area (Å²) >= 11 is 0. The molecule has 2 N–H and O–H groups in total. The highest BCUT2D eigenvalue weighted by Crippen LogP contribution is 2.16. The van der Waals surface area contributed by atoms with Gasteiger partial charge in [-0.1, -0.05) is 0 Å². The van der Waals surface area contributed by atoms with E-state index < -0.39 is 11.9 Å². The summed E-state index contributed by atoms with van der Waals surface area (Å²) in [5, 5.41) is 5.27. The molecule has 0 atom stereocenters. The maximum absolute atomic E-state index is 12.1. The first-order valence-electron chi connectivity index (χ1n) is 9.12. The van der Waals surface area contributed by atoms with Crippen LogP contribution in [0.1, 0.15) is 31.1 Å². The van der Waals surface area contributed by atoms with E-state index in [4.69, 9.17) is 4.74 Å². The molecule has 0 aromatic heterocycles. The number of hydrogen-bond acceptors (Lipinski definition) is 5. The molecule has 0 unspecified atom stereocenters. The van der Waals surface area contributed by atoms with Crippen LogP contribution in [0.25, 0.3) is 0 Å². The van der Waals surface area contributed by atoms with Gasteiger partial charge in [0.1, 0.15) is 0 Å². The van der Waals surface area contributed by atoms with Crippen LogP contribution in [0, 0.1) is 0 Å². The average molecular weight is 383 g/mol. The van der Waals surface area contributed by atoms with Crippen LogP contribution in [-0.2, 0) is 14.3 Å². The fraction of sp³-hybridized carbons (Fsp3) is 0.286. The van der Waals surface area contributed by atoms with Gasteiger partial charge in [-0.15, -0.1) is 0 Å². The summed E-state index contributed by atoms with van der Waals surface area (Å²) in [6.45, 7) is 6.93. The Balaban J connectivity index is 1.85. The van der Waals surface area contributed by atoms with Gasteiger partial charge in [0.05, 0.1) is 5.56 Å². The van der Waals surface area contributed by atoms with E-state index in [0.29, 0.717) is 16.9 Å². The molecular weight excluding hydrogens is 358 g/mol. The standard InChI is InChI=1S/C21H25N3O4/c1-4-24(5-2)19-12-6-16(7-13-19)21(27)28-14-20(26)23-18-10-8-17(9-11-18)22-15(3)25/h6-13H,4-5,14H2,1-3H3,(H,22,25)(H,23,26). The molecule has 0 fully saturated rings. The zero-order chi connectivity index (χ0) is 20.5. The average Bonchev–Trinajstić information content (AvgIpc) is 2.69. The second-order valence-corrected chi connectivity index (χ2v) is 6.10. The van der Waals surface area contributed by atoms with Crippen molar-refractivity contribution in [3.63, 3.8) is 0 Å². The van der Waals surface area contributed by atoms with Gasteiger partial charge in [0.25, 0.3) is 5.91 Å². The number of benzene rings is 2. The molecule has 0 bridgehead atoms. The van der Waals surface area contributed by atoms with Gasteiger partial charge in [0.2, 0.25) is 5.91 Å². The quantitative estimate of drug-likeness (QED) is 0.683. The molecule has 0 saturated heterocycles. The van der Waals surface area contributed by atoms with Gasteiger partial charge in [-0.2, -0.15) is 0 Å². The third-order valence-electron chi connectivity index (χ3n) is 4.05. The van der Waals surface area contributed by atoms with Crippen molar-refractivity contribution in [1.82, 2.24) is 0 Å². The third-order valence-corrected chi connectivity index (χ3v) is 4.05. The molecule has 2 aromatic rings. The highest BCUT2D eigenvalue weighted by atomic mass is 16.5. The van der Waals surface area contributed by atoms with E-state index in [1.54, 1.807) is 36.4 Å². The fourth-order valence-corrected chi connectivity index (χ4v) is 2.65. The lowest BCUT2D eigenvalue weighted by Gasteiger charge is -2.20. The summed E-state index contributed by atoms with van der Waals surface area (Å²) in [6, 6.07) is 13.7. The Morgan fingerprint density at radius 1 is 0.857 bits per heavy atom. The Hall–Kier alpha value is -3.35. The summed E-state index contributed by atoms with van der Waals surface area (Å²) in [7, 11) is 0. The topological polar surface area (TPSA) is 87.7 Å². The first-order valence-corrected chi connectivity index (χ1v) is 9.12. The van der Waals surface area contributed by atoms with Gasteiger partial charge in [0, 0.05) is 37.1 Å². The number of carbonyl (C=O) groups is 3. The second-order valence-electron chi connectivity index (χ2n) is 6.10. The zero-order valence-electron chi connectivity index (χ0n) is 16.3. The summed E-state index contributed by atoms with van der Waals surface area (Å²) < 4.78 is 5.07. The number of rotatable bonds is 8. The number of hydrogen-bond donors (Lipinski definition) is 2. The lowest BCUT2D eigenvalue weighted by atomic mass is 10.2. The molecule has 0 aliphatic carbocycles. The number of amides is 2. The van der Waals surface area contributed by atoms with Crippen molar-refractivity contribution < 1.29 is 19.1 Å². The number of anilines is 3. The Kier molecular flexibility index (Phi) is 7.56. The highest BCUT2D eigenvalue weighted by molar-refractivity contribution is 5.96. The number of esters is 1. The molecule has 0 aliphatic rings. The van der Waals surface area contributed by atoms with Gasteiger partial charge in [-0.3, -0.25) is 9.59 Å². The number of ether oxygens (including phenoxy) is 1. The minimum absolute atomic E-state index is 0.172. The van der Waals surface area contributed by atoms with Crippen LogP contribution in [0.15, 0.2) is 48.5 Å². The van der Waals surface area contributed by atoms with E-state index in [1.165, 1.54) is 6.92 Å². The summed E-state index contributed by atoms with van der Waals surface area (Å²) in [4.78, 5) is 37.2. The zero-order valence-corrected chi connectivity index (χ0v) is 16.3. The van der Waals surface area contributed by atoms with Gasteiger partial charge in [-0.05, 0) is 62.4 Å². The third kappa shape index (κ3) is 6.12. The molecule has 0 saturated carbocycles. The van der Waals surface area contributed by atoms with Crippen molar-refractivity contribution in [2.45, 2.75) is 20.8 Å². The van der Waals surface area contributed by atoms with Crippen molar-refractivity contribution in [1.29, 1.82) is 0 Å². The lowest BCUT2D eigenvalue weighted by Crippen LogP contribution is -2.22. The maximum Gasteiger partial charge on any atom is 0.338 e. The van der Waals surface area contributed by atoms with Gasteiger partial charge in [-0.25, -0.2) is 4.79 Å². The monoisotopic (exact) mass is 383 g/mol. The maximum atomic E-state index is 12.1. The van der Waals surface area contributed by atoms with Crippen molar-refractivity contribution in [2.24, 2.45) is 0 Å². The van der Waals surface area contributed by atoms with Crippen molar-refractivity contribution >= 4 is 34.8 Å². The number of carbonyl (C=O) groups excluding carboxylic acids is 3.